The van der Waals surface area contributed by atoms with Gasteiger partial charge in [0.1, 0.15) is 0 Å². The molecule has 0 atom stereocenters. The maximum atomic E-state index is 10.6. The lowest BCUT2D eigenvalue weighted by molar-refractivity contribution is -0.385. The Labute approximate surface area is 63.2 Å². The van der Waals surface area contributed by atoms with E-state index in [0.717, 1.165) is 6.07 Å². The van der Waals surface area contributed by atoms with E-state index in [9.17, 15) is 15.2 Å². The second kappa shape index (κ2) is 2.57. The van der Waals surface area contributed by atoms with Gasteiger partial charge in [-0.15, -0.1) is 0 Å². The Hall–Kier alpha value is -1.58. The molecule has 1 aromatic rings. The highest BCUT2D eigenvalue weighted by atomic mass is 16.6. The van der Waals surface area contributed by atoms with E-state index >= 15 is 0 Å². The summed E-state index contributed by atoms with van der Waals surface area (Å²) in [4.78, 5) is 9.68. The van der Waals surface area contributed by atoms with Gasteiger partial charge in [-0.25, -0.2) is 0 Å². The Kier molecular flexibility index (Phi) is 1.76. The van der Waals surface area contributed by atoms with Crippen LogP contribution in [-0.4, -0.2) is 4.92 Å². The van der Waals surface area contributed by atoms with Crippen molar-refractivity contribution in [3.8, 4) is 5.75 Å². The van der Waals surface area contributed by atoms with Gasteiger partial charge in [-0.1, -0.05) is 0 Å². The molecule has 0 bridgehead atoms. The molecule has 1 radical (unpaired) electrons. The highest BCUT2D eigenvalue weighted by Gasteiger charge is 2.10. The molecule has 0 saturated heterocycles. The van der Waals surface area contributed by atoms with Gasteiger partial charge in [0.2, 0.25) is 0 Å². The van der Waals surface area contributed by atoms with Crippen LogP contribution in [0.15, 0.2) is 18.2 Å². The van der Waals surface area contributed by atoms with Crippen molar-refractivity contribution in [3.05, 3.63) is 33.9 Å². The number of nitro groups is 1. The Morgan fingerprint density at radius 1 is 1.45 bits per heavy atom. The van der Waals surface area contributed by atoms with Gasteiger partial charge in [-0.05, 0) is 19.1 Å². The summed E-state index contributed by atoms with van der Waals surface area (Å²) in [7, 11) is 0. The summed E-state index contributed by atoms with van der Waals surface area (Å²) in [6, 6.07) is 3.78. The molecule has 11 heavy (non-hydrogen) atoms. The fraction of sp³-hybridized carbons (Fsp3) is 0.143. The molecule has 0 unspecified atom stereocenters. The molecule has 0 aliphatic rings. The molecular formula is C7H6NO3. The number of aryl methyl sites for hydroxylation is 1. The lowest BCUT2D eigenvalue weighted by Crippen LogP contribution is -1.89. The molecule has 4 nitrogen and oxygen atoms in total. The highest BCUT2D eigenvalue weighted by Crippen LogP contribution is 2.22. The van der Waals surface area contributed by atoms with E-state index in [1.54, 1.807) is 6.92 Å². The average Bonchev–Trinajstić information content (AvgIpc) is 1.94. The monoisotopic (exact) mass is 152 g/mol. The van der Waals surface area contributed by atoms with Crippen molar-refractivity contribution in [2.75, 3.05) is 0 Å². The number of rotatable bonds is 1. The van der Waals surface area contributed by atoms with E-state index in [4.69, 9.17) is 0 Å². The molecular weight excluding hydrogens is 146 g/mol. The van der Waals surface area contributed by atoms with E-state index in [2.05, 4.69) is 0 Å². The summed E-state index contributed by atoms with van der Waals surface area (Å²) in [6.07, 6.45) is 0. The lowest BCUT2D eigenvalue weighted by atomic mass is 10.2. The smallest absolute Gasteiger partial charge is 0.276 e. The van der Waals surface area contributed by atoms with Crippen LogP contribution >= 0.6 is 0 Å². The highest BCUT2D eigenvalue weighted by molar-refractivity contribution is 5.44. The summed E-state index contributed by atoms with van der Waals surface area (Å²) in [5, 5.41) is 20.9. The number of hydrogen-bond donors (Lipinski definition) is 0. The second-order valence-corrected chi connectivity index (χ2v) is 2.21. The molecule has 0 aliphatic carbocycles. The zero-order valence-electron chi connectivity index (χ0n) is 5.90. The molecule has 57 valence electrons. The number of benzene rings is 1. The van der Waals surface area contributed by atoms with Crippen LogP contribution in [0.3, 0.4) is 0 Å². The maximum absolute atomic E-state index is 10.6. The van der Waals surface area contributed by atoms with Crippen LogP contribution in [0.5, 0.6) is 5.75 Å². The van der Waals surface area contributed by atoms with Crippen LogP contribution in [0, 0.1) is 17.0 Å². The van der Waals surface area contributed by atoms with E-state index in [-0.39, 0.29) is 11.4 Å². The summed E-state index contributed by atoms with van der Waals surface area (Å²) < 4.78 is 0. The van der Waals surface area contributed by atoms with E-state index < -0.39 is 4.92 Å². The normalized spacial score (nSPS) is 9.55. The Morgan fingerprint density at radius 3 is 2.55 bits per heavy atom. The molecule has 0 fully saturated rings. The van der Waals surface area contributed by atoms with Crippen LogP contribution in [0.2, 0.25) is 0 Å². The first-order valence-electron chi connectivity index (χ1n) is 3.03. The SMILES string of the molecule is Cc1ccc([O])cc1[N+](=O)[O-]. The van der Waals surface area contributed by atoms with Gasteiger partial charge in [-0.3, -0.25) is 15.2 Å². The van der Waals surface area contributed by atoms with Crippen LogP contribution in [0.25, 0.3) is 0 Å². The summed E-state index contributed by atoms with van der Waals surface area (Å²) in [5.41, 5.74) is 0.395. The largest absolute Gasteiger partial charge is 0.290 e. The van der Waals surface area contributed by atoms with Gasteiger partial charge in [0, 0.05) is 5.56 Å². The third kappa shape index (κ3) is 1.46. The minimum atomic E-state index is -0.559. The predicted octanol–water partition coefficient (Wildman–Crippen LogP) is 2.05. The summed E-state index contributed by atoms with van der Waals surface area (Å²) in [5.74, 6) is -0.331. The fourth-order valence-electron chi connectivity index (χ4n) is 0.786. The zero-order valence-corrected chi connectivity index (χ0v) is 5.90. The Morgan fingerprint density at radius 2 is 2.09 bits per heavy atom. The standard InChI is InChI=1S/C7H6NO3/c1-5-2-3-6(9)4-7(5)8(10)11/h2-4H,1H3. The summed E-state index contributed by atoms with van der Waals surface area (Å²) >= 11 is 0. The van der Waals surface area contributed by atoms with Gasteiger partial charge in [0.05, 0.1) is 11.0 Å². The minimum absolute atomic E-state index is 0.113. The fourth-order valence-corrected chi connectivity index (χ4v) is 0.786. The van der Waals surface area contributed by atoms with E-state index in [1.165, 1.54) is 12.1 Å². The number of hydrogen-bond acceptors (Lipinski definition) is 2. The molecule has 0 aromatic heterocycles. The molecule has 0 amide bonds. The predicted molar refractivity (Wildman–Crippen MR) is 38.0 cm³/mol. The first kappa shape index (κ1) is 7.53. The van der Waals surface area contributed by atoms with Gasteiger partial charge in [0.15, 0.2) is 5.75 Å². The number of nitro benzene ring substituents is 1. The first-order chi connectivity index (χ1) is 5.11. The van der Waals surface area contributed by atoms with E-state index in [1.807, 2.05) is 0 Å². The average molecular weight is 152 g/mol. The topological polar surface area (TPSA) is 63.0 Å². The third-order valence-corrected chi connectivity index (χ3v) is 1.38. The van der Waals surface area contributed by atoms with Gasteiger partial charge >= 0.3 is 0 Å². The molecule has 1 aromatic carbocycles. The number of nitrogens with zero attached hydrogens (tertiary/aromatic N) is 1. The minimum Gasteiger partial charge on any atom is -0.290 e. The molecule has 0 saturated carbocycles. The molecule has 1 rings (SSSR count). The van der Waals surface area contributed by atoms with Crippen molar-refractivity contribution < 1.29 is 10.0 Å². The lowest BCUT2D eigenvalue weighted by Gasteiger charge is -1.94. The summed E-state index contributed by atoms with van der Waals surface area (Å²) in [6.45, 7) is 1.59. The van der Waals surface area contributed by atoms with Crippen molar-refractivity contribution in [1.82, 2.24) is 0 Å². The van der Waals surface area contributed by atoms with Crippen LogP contribution in [0.1, 0.15) is 5.56 Å². The molecule has 0 N–H and O–H groups in total. The van der Waals surface area contributed by atoms with Crippen molar-refractivity contribution in [2.45, 2.75) is 6.92 Å². The van der Waals surface area contributed by atoms with E-state index in [0.29, 0.717) is 5.56 Å². The Balaban J connectivity index is 3.23. The molecule has 4 heteroatoms. The molecule has 0 aliphatic heterocycles. The van der Waals surface area contributed by atoms with Crippen LogP contribution < -0.4 is 0 Å². The molecule has 0 spiro atoms. The van der Waals surface area contributed by atoms with Crippen molar-refractivity contribution in [1.29, 1.82) is 0 Å². The quantitative estimate of drug-likeness (QED) is 0.456. The van der Waals surface area contributed by atoms with Crippen molar-refractivity contribution in [3.63, 3.8) is 0 Å². The Bertz CT molecular complexity index is 296. The maximum Gasteiger partial charge on any atom is 0.276 e. The third-order valence-electron chi connectivity index (χ3n) is 1.38. The van der Waals surface area contributed by atoms with Crippen LogP contribution in [0.4, 0.5) is 5.69 Å². The first-order valence-corrected chi connectivity index (χ1v) is 3.03. The molecule has 0 heterocycles. The second-order valence-electron chi connectivity index (χ2n) is 2.21. The van der Waals surface area contributed by atoms with Crippen LogP contribution in [-0.2, 0) is 5.11 Å². The van der Waals surface area contributed by atoms with Gasteiger partial charge in [-0.2, -0.15) is 0 Å². The van der Waals surface area contributed by atoms with Crippen molar-refractivity contribution in [2.24, 2.45) is 0 Å². The van der Waals surface area contributed by atoms with Gasteiger partial charge in [0.25, 0.3) is 5.69 Å². The zero-order chi connectivity index (χ0) is 8.43. The van der Waals surface area contributed by atoms with Crippen molar-refractivity contribution >= 4 is 5.69 Å². The van der Waals surface area contributed by atoms with Gasteiger partial charge < -0.3 is 0 Å².